The molecule has 14 heavy (non-hydrogen) atoms. The van der Waals surface area contributed by atoms with Crippen molar-refractivity contribution in [3.8, 4) is 11.5 Å². The summed E-state index contributed by atoms with van der Waals surface area (Å²) in [4.78, 5) is 0. The number of phenols is 2. The third kappa shape index (κ3) is 7.35. The molecule has 4 N–H and O–H groups in total. The molecule has 0 aliphatic heterocycles. The third-order valence-corrected chi connectivity index (χ3v) is 1.13. The van der Waals surface area contributed by atoms with Gasteiger partial charge < -0.3 is 10.2 Å². The maximum Gasteiger partial charge on any atom is 0.394 e. The zero-order valence-electron chi connectivity index (χ0n) is 7.25. The fraction of sp³-hybridized carbons (Fsp3) is 0.143. The molecule has 80 valence electrons. The molecule has 0 aliphatic carbocycles. The topological polar surface area (TPSA) is 115 Å². The summed E-state index contributed by atoms with van der Waals surface area (Å²) in [7, 11) is -4.67. The predicted molar refractivity (Wildman–Crippen MR) is 48.7 cm³/mol. The van der Waals surface area contributed by atoms with Gasteiger partial charge in [0, 0.05) is 0 Å². The highest BCUT2D eigenvalue weighted by Crippen LogP contribution is 2.23. The Bertz CT molecular complexity index is 389. The lowest BCUT2D eigenvalue weighted by molar-refractivity contribution is 0.381. The molecule has 0 fully saturated rings. The van der Waals surface area contributed by atoms with E-state index in [0.29, 0.717) is 0 Å². The first-order valence-electron chi connectivity index (χ1n) is 3.38. The van der Waals surface area contributed by atoms with Crippen LogP contribution in [0.5, 0.6) is 11.5 Å². The van der Waals surface area contributed by atoms with E-state index >= 15 is 0 Å². The number of rotatable bonds is 0. The van der Waals surface area contributed by atoms with E-state index in [2.05, 4.69) is 0 Å². The second-order valence-corrected chi connectivity index (χ2v) is 3.34. The van der Waals surface area contributed by atoms with Crippen molar-refractivity contribution in [2.75, 3.05) is 0 Å². The molecule has 1 aromatic carbocycles. The summed E-state index contributed by atoms with van der Waals surface area (Å²) >= 11 is 0. The first-order valence-corrected chi connectivity index (χ1v) is 4.78. The maximum atomic E-state index is 8.85. The lowest BCUT2D eigenvalue weighted by Gasteiger charge is -1.95. The summed E-state index contributed by atoms with van der Waals surface area (Å²) in [6.45, 7) is 1.85. The maximum absolute atomic E-state index is 8.85. The van der Waals surface area contributed by atoms with Crippen LogP contribution in [0.2, 0.25) is 0 Å². The van der Waals surface area contributed by atoms with Crippen molar-refractivity contribution in [1.82, 2.24) is 0 Å². The summed E-state index contributed by atoms with van der Waals surface area (Å²) in [5, 5.41) is 17.6. The minimum absolute atomic E-state index is 0.0602. The van der Waals surface area contributed by atoms with E-state index in [1.165, 1.54) is 12.1 Å². The first kappa shape index (κ1) is 12.7. The zero-order chi connectivity index (χ0) is 11.4. The molecule has 0 saturated carbocycles. The summed E-state index contributed by atoms with van der Waals surface area (Å²) in [5.74, 6) is -0.129. The van der Waals surface area contributed by atoms with Crippen molar-refractivity contribution in [2.24, 2.45) is 0 Å². The Kier molecular flexibility index (Phi) is 4.35. The van der Waals surface area contributed by atoms with Crippen molar-refractivity contribution < 1.29 is 27.7 Å². The van der Waals surface area contributed by atoms with Crippen molar-refractivity contribution in [3.63, 3.8) is 0 Å². The van der Waals surface area contributed by atoms with E-state index in [-0.39, 0.29) is 11.5 Å². The molecule has 1 rings (SSSR count). The summed E-state index contributed by atoms with van der Waals surface area (Å²) in [6, 6.07) is 4.70. The van der Waals surface area contributed by atoms with Gasteiger partial charge in [-0.1, -0.05) is 6.07 Å². The van der Waals surface area contributed by atoms with Crippen LogP contribution in [0.25, 0.3) is 0 Å². The second kappa shape index (κ2) is 4.80. The lowest BCUT2D eigenvalue weighted by atomic mass is 10.2. The zero-order valence-corrected chi connectivity index (χ0v) is 8.06. The molecule has 0 heterocycles. The normalized spacial score (nSPS) is 10.2. The molecule has 0 radical (unpaired) electrons. The Hall–Kier alpha value is -1.31. The molecule has 0 unspecified atom stereocenters. The summed E-state index contributed by atoms with van der Waals surface area (Å²) in [5.41, 5.74) is 0.935. The largest absolute Gasteiger partial charge is 0.504 e. The number of hydrogen-bond donors (Lipinski definition) is 4. The van der Waals surface area contributed by atoms with Crippen molar-refractivity contribution in [1.29, 1.82) is 0 Å². The van der Waals surface area contributed by atoms with E-state index in [4.69, 9.17) is 27.7 Å². The monoisotopic (exact) mass is 222 g/mol. The van der Waals surface area contributed by atoms with Crippen LogP contribution in [0.1, 0.15) is 5.56 Å². The minimum atomic E-state index is -4.67. The fourth-order valence-electron chi connectivity index (χ4n) is 0.633. The van der Waals surface area contributed by atoms with E-state index in [0.717, 1.165) is 5.56 Å². The molecular weight excluding hydrogens is 212 g/mol. The number of aromatic hydroxyl groups is 2. The average Bonchev–Trinajstić information content (AvgIpc) is 1.94. The average molecular weight is 222 g/mol. The molecule has 0 saturated heterocycles. The van der Waals surface area contributed by atoms with Crippen molar-refractivity contribution in [3.05, 3.63) is 23.8 Å². The summed E-state index contributed by atoms with van der Waals surface area (Å²) < 4.78 is 31.6. The van der Waals surface area contributed by atoms with Crippen LogP contribution in [0.15, 0.2) is 18.2 Å². The molecule has 0 aromatic heterocycles. The van der Waals surface area contributed by atoms with Crippen LogP contribution in [0.4, 0.5) is 0 Å². The van der Waals surface area contributed by atoms with Crippen LogP contribution in [-0.2, 0) is 10.4 Å². The smallest absolute Gasteiger partial charge is 0.394 e. The quantitative estimate of drug-likeness (QED) is 0.380. The highest BCUT2D eigenvalue weighted by molar-refractivity contribution is 7.79. The highest BCUT2D eigenvalue weighted by atomic mass is 32.3. The number of aryl methyl sites for hydroxylation is 1. The van der Waals surface area contributed by atoms with Gasteiger partial charge in [0.2, 0.25) is 0 Å². The van der Waals surface area contributed by atoms with Gasteiger partial charge in [0.1, 0.15) is 0 Å². The highest BCUT2D eigenvalue weighted by Gasteiger charge is 1.94. The van der Waals surface area contributed by atoms with Gasteiger partial charge in [-0.2, -0.15) is 8.42 Å². The second-order valence-electron chi connectivity index (χ2n) is 2.44. The van der Waals surface area contributed by atoms with Gasteiger partial charge in [-0.3, -0.25) is 9.11 Å². The lowest BCUT2D eigenvalue weighted by Crippen LogP contribution is -1.89. The Balaban J connectivity index is 0.000000292. The van der Waals surface area contributed by atoms with Crippen molar-refractivity contribution in [2.45, 2.75) is 6.92 Å². The standard InChI is InChI=1S/C7H8O2.H2O4S/c1-5-2-3-6(8)7(9)4-5;1-5(2,3)4/h2-4,8-9H,1H3;(H2,1,2,3,4). The Morgan fingerprint density at radius 1 is 1.07 bits per heavy atom. The van der Waals surface area contributed by atoms with Crippen LogP contribution < -0.4 is 0 Å². The number of hydrogen-bond acceptors (Lipinski definition) is 4. The minimum Gasteiger partial charge on any atom is -0.504 e. The van der Waals surface area contributed by atoms with Gasteiger partial charge in [-0.05, 0) is 24.6 Å². The van der Waals surface area contributed by atoms with E-state index < -0.39 is 10.4 Å². The van der Waals surface area contributed by atoms with Crippen LogP contribution in [0.3, 0.4) is 0 Å². The predicted octanol–water partition coefficient (Wildman–Crippen LogP) is 0.753. The molecule has 7 heteroatoms. The van der Waals surface area contributed by atoms with E-state index in [1.54, 1.807) is 6.07 Å². The first-order chi connectivity index (χ1) is 6.20. The van der Waals surface area contributed by atoms with Gasteiger partial charge in [0.05, 0.1) is 0 Å². The SMILES string of the molecule is Cc1ccc(O)c(O)c1.O=S(=O)(O)O. The molecule has 0 aliphatic rings. The Labute approximate surface area is 81.0 Å². The number of phenolic OH excluding ortho intramolecular Hbond substituents is 2. The Morgan fingerprint density at radius 2 is 1.50 bits per heavy atom. The third-order valence-electron chi connectivity index (χ3n) is 1.13. The molecule has 0 spiro atoms. The Morgan fingerprint density at radius 3 is 1.79 bits per heavy atom. The van der Waals surface area contributed by atoms with Crippen LogP contribution in [-0.4, -0.2) is 27.7 Å². The van der Waals surface area contributed by atoms with Gasteiger partial charge in [0.25, 0.3) is 0 Å². The van der Waals surface area contributed by atoms with Gasteiger partial charge in [0.15, 0.2) is 11.5 Å². The molecule has 1 aromatic rings. The van der Waals surface area contributed by atoms with Gasteiger partial charge >= 0.3 is 10.4 Å². The number of benzene rings is 1. The van der Waals surface area contributed by atoms with E-state index in [1.807, 2.05) is 6.92 Å². The molecule has 0 amide bonds. The van der Waals surface area contributed by atoms with Gasteiger partial charge in [-0.25, -0.2) is 0 Å². The van der Waals surface area contributed by atoms with Crippen LogP contribution in [0, 0.1) is 6.92 Å². The molecular formula is C7H10O6S. The molecule has 0 atom stereocenters. The van der Waals surface area contributed by atoms with Crippen LogP contribution >= 0.6 is 0 Å². The van der Waals surface area contributed by atoms with E-state index in [9.17, 15) is 0 Å². The molecule has 0 bridgehead atoms. The van der Waals surface area contributed by atoms with Crippen molar-refractivity contribution >= 4 is 10.4 Å². The molecule has 6 nitrogen and oxygen atoms in total. The summed E-state index contributed by atoms with van der Waals surface area (Å²) in [6.07, 6.45) is 0. The van der Waals surface area contributed by atoms with Gasteiger partial charge in [-0.15, -0.1) is 0 Å². The fourth-order valence-corrected chi connectivity index (χ4v) is 0.633.